The fourth-order valence-electron chi connectivity index (χ4n) is 7.86. The Morgan fingerprint density at radius 3 is 1.90 bits per heavy atom. The average molecular weight is 850 g/mol. The fraction of sp³-hybridized carbons (Fsp3) is 0.188. The number of aliphatic hydroxyl groups excluding tert-OH is 1. The minimum Gasteiger partial charge on any atom is -0.452 e. The van der Waals surface area contributed by atoms with Gasteiger partial charge in [-0.1, -0.05) is 169 Å². The lowest BCUT2D eigenvalue weighted by Gasteiger charge is -2.53. The highest BCUT2D eigenvalue weighted by atomic mass is 32.2. The van der Waals surface area contributed by atoms with Crippen molar-refractivity contribution < 1.29 is 29.1 Å². The van der Waals surface area contributed by atoms with Gasteiger partial charge in [-0.05, 0) is 27.8 Å². The summed E-state index contributed by atoms with van der Waals surface area (Å²) in [6, 6.07) is 48.3. The Hall–Kier alpha value is -6.54. The van der Waals surface area contributed by atoms with E-state index >= 15 is 0 Å². The van der Waals surface area contributed by atoms with E-state index < -0.39 is 40.4 Å². The van der Waals surface area contributed by atoms with Gasteiger partial charge in [-0.3, -0.25) is 14.4 Å². The molecule has 2 amide bonds. The third kappa shape index (κ3) is 8.32. The molecule has 308 valence electrons. The van der Waals surface area contributed by atoms with Crippen LogP contribution in [-0.2, 0) is 29.5 Å². The molecule has 8 rings (SSSR count). The van der Waals surface area contributed by atoms with Gasteiger partial charge >= 0.3 is 5.97 Å². The van der Waals surface area contributed by atoms with Crippen molar-refractivity contribution in [3.63, 3.8) is 0 Å². The lowest BCUT2D eigenvalue weighted by molar-refractivity contribution is -0.162. The Morgan fingerprint density at radius 1 is 0.869 bits per heavy atom. The molecule has 2 unspecified atom stereocenters. The second-order valence-corrected chi connectivity index (χ2v) is 16.6. The van der Waals surface area contributed by atoms with Crippen LogP contribution in [-0.4, -0.2) is 75.9 Å². The van der Waals surface area contributed by atoms with E-state index in [4.69, 9.17) is 14.6 Å². The Balaban J connectivity index is 1.01. The van der Waals surface area contributed by atoms with Crippen LogP contribution in [0.5, 0.6) is 0 Å². The van der Waals surface area contributed by atoms with Gasteiger partial charge in [-0.15, -0.1) is 23.1 Å². The monoisotopic (exact) mass is 849 g/mol. The van der Waals surface area contributed by atoms with E-state index in [2.05, 4.69) is 52.2 Å². The molecule has 0 bridgehead atoms. The van der Waals surface area contributed by atoms with E-state index in [1.807, 2.05) is 115 Å². The molecule has 61 heavy (non-hydrogen) atoms. The minimum atomic E-state index is -1.25. The van der Waals surface area contributed by atoms with Gasteiger partial charge in [0.15, 0.2) is 16.9 Å². The summed E-state index contributed by atoms with van der Waals surface area (Å²) in [6.45, 7) is -0.286. The molecule has 3 N–H and O–H groups in total. The number of rotatable bonds is 15. The lowest BCUT2D eigenvalue weighted by Crippen LogP contribution is -2.74. The second kappa shape index (κ2) is 18.4. The molecule has 0 saturated carbocycles. The van der Waals surface area contributed by atoms with Crippen molar-refractivity contribution in [3.8, 4) is 0 Å². The van der Waals surface area contributed by atoms with Crippen molar-refractivity contribution in [2.24, 2.45) is 10.6 Å². The summed E-state index contributed by atoms with van der Waals surface area (Å²) in [5.74, 6) is -1.29. The van der Waals surface area contributed by atoms with E-state index in [1.165, 1.54) is 36.3 Å². The van der Waals surface area contributed by atoms with E-state index in [1.54, 1.807) is 16.4 Å². The smallest absolute Gasteiger partial charge is 0.319 e. The summed E-state index contributed by atoms with van der Waals surface area (Å²) in [6.07, 6.45) is 2.44. The molecule has 2 aliphatic heterocycles. The summed E-state index contributed by atoms with van der Waals surface area (Å²) >= 11 is 2.67. The SMILES string of the molecule is CON=C(C(=O)NC1C(=O)N2CC(C=CCO)(C(=O)OC(c3ccccc3)c3ccccc3)CS[C@H]12)c1csc(NC(c2ccccc2)(c2ccccc2)c2ccccc2)n1. The molecule has 0 radical (unpaired) electrons. The maximum atomic E-state index is 14.3. The number of amides is 2. The zero-order valence-corrected chi connectivity index (χ0v) is 34.8. The summed E-state index contributed by atoms with van der Waals surface area (Å²) in [5.41, 5.74) is 2.62. The zero-order valence-electron chi connectivity index (χ0n) is 33.2. The molecular weight excluding hydrogens is 807 g/mol. The lowest BCUT2D eigenvalue weighted by atomic mass is 9.77. The normalized spacial score (nSPS) is 18.9. The number of esters is 1. The Labute approximate surface area is 362 Å². The summed E-state index contributed by atoms with van der Waals surface area (Å²) in [7, 11) is 1.34. The molecule has 6 aromatic rings. The molecule has 5 aromatic carbocycles. The predicted octanol–water partition coefficient (Wildman–Crippen LogP) is 7.17. The molecule has 1 aromatic heterocycles. The maximum absolute atomic E-state index is 14.3. The van der Waals surface area contributed by atoms with Crippen LogP contribution in [0.15, 0.2) is 174 Å². The van der Waals surface area contributed by atoms with Crippen molar-refractivity contribution in [2.75, 3.05) is 31.3 Å². The number of β-lactam (4-membered cyclic amide) rings is 1. The number of carbonyl (C=O) groups is 3. The van der Waals surface area contributed by atoms with Crippen molar-refractivity contribution in [1.29, 1.82) is 0 Å². The van der Waals surface area contributed by atoms with Gasteiger partial charge in [-0.2, -0.15) is 0 Å². The van der Waals surface area contributed by atoms with Gasteiger partial charge < -0.3 is 30.2 Å². The van der Waals surface area contributed by atoms with Gasteiger partial charge in [-0.25, -0.2) is 4.98 Å². The van der Waals surface area contributed by atoms with E-state index in [-0.39, 0.29) is 36.2 Å². The first kappa shape index (κ1) is 41.2. The van der Waals surface area contributed by atoms with Crippen LogP contribution in [0.1, 0.15) is 39.6 Å². The van der Waals surface area contributed by atoms with Crippen molar-refractivity contribution in [1.82, 2.24) is 15.2 Å². The number of nitrogens with zero attached hydrogens (tertiary/aromatic N) is 3. The Morgan fingerprint density at radius 2 is 1.39 bits per heavy atom. The third-order valence-corrected chi connectivity index (χ3v) is 13.1. The van der Waals surface area contributed by atoms with Crippen molar-refractivity contribution in [2.45, 2.75) is 23.1 Å². The number of carbonyl (C=O) groups excluding carboxylic acids is 3. The van der Waals surface area contributed by atoms with Gasteiger partial charge in [0.2, 0.25) is 5.91 Å². The van der Waals surface area contributed by atoms with Crippen molar-refractivity contribution in [3.05, 3.63) is 203 Å². The van der Waals surface area contributed by atoms with Crippen LogP contribution in [0, 0.1) is 5.41 Å². The highest BCUT2D eigenvalue weighted by molar-refractivity contribution is 8.00. The number of hydrogen-bond donors (Lipinski definition) is 3. The number of thioether (sulfide) groups is 1. The molecule has 3 heterocycles. The molecule has 2 saturated heterocycles. The minimum absolute atomic E-state index is 0.00757. The highest BCUT2D eigenvalue weighted by Crippen LogP contribution is 2.45. The summed E-state index contributed by atoms with van der Waals surface area (Å²) in [4.78, 5) is 53.7. The van der Waals surface area contributed by atoms with Crippen LogP contribution in [0.3, 0.4) is 0 Å². The highest BCUT2D eigenvalue weighted by Gasteiger charge is 2.57. The maximum Gasteiger partial charge on any atom is 0.319 e. The third-order valence-electron chi connectivity index (χ3n) is 10.8. The number of benzene rings is 5. The molecule has 2 aliphatic rings. The summed E-state index contributed by atoms with van der Waals surface area (Å²) in [5, 5.41) is 22.2. The quantitative estimate of drug-likeness (QED) is 0.0245. The topological polar surface area (TPSA) is 142 Å². The predicted molar refractivity (Wildman–Crippen MR) is 238 cm³/mol. The fourth-order valence-corrected chi connectivity index (χ4v) is 10.1. The first-order valence-electron chi connectivity index (χ1n) is 19.7. The Kier molecular flexibility index (Phi) is 12.4. The van der Waals surface area contributed by atoms with Crippen LogP contribution >= 0.6 is 23.1 Å². The van der Waals surface area contributed by atoms with Crippen LogP contribution in [0.25, 0.3) is 0 Å². The van der Waals surface area contributed by atoms with Crippen LogP contribution in [0.2, 0.25) is 0 Å². The largest absolute Gasteiger partial charge is 0.452 e. The van der Waals surface area contributed by atoms with Gasteiger partial charge in [0, 0.05) is 17.7 Å². The zero-order chi connectivity index (χ0) is 42.2. The standard InChI is InChI=1S/C48H43N5O6S2/c1-58-52-39(38-30-60-46(49-38)51-48(35-22-11-4-12-23-35,36-24-13-5-14-25-36)37-26-15-6-16-27-37)42(55)50-40-43(56)53-31-47(28-17-29-54,32-61-44(40)53)45(57)59-41(33-18-7-2-8-19-33)34-20-9-3-10-21-34/h2-28,30,40-41,44,54H,29,31-32H2,1H3,(H,49,51)(H,50,55)/t40?,44-,47?/m1/s1. The molecule has 0 aliphatic carbocycles. The van der Waals surface area contributed by atoms with E-state index in [9.17, 15) is 19.5 Å². The molecule has 11 nitrogen and oxygen atoms in total. The number of anilines is 1. The summed E-state index contributed by atoms with van der Waals surface area (Å²) < 4.78 is 6.28. The number of ether oxygens (including phenoxy) is 1. The van der Waals surface area contributed by atoms with Gasteiger partial charge in [0.1, 0.15) is 35.2 Å². The number of nitrogens with one attached hydrogen (secondary N) is 2. The van der Waals surface area contributed by atoms with Crippen LogP contribution < -0.4 is 10.6 Å². The van der Waals surface area contributed by atoms with E-state index in [0.29, 0.717) is 5.13 Å². The van der Waals surface area contributed by atoms with Crippen molar-refractivity contribution >= 4 is 51.7 Å². The molecule has 3 atom stereocenters. The number of thiazole rings is 1. The molecule has 13 heteroatoms. The molecule has 2 fully saturated rings. The number of aliphatic hydroxyl groups is 1. The Bertz CT molecular complexity index is 2370. The van der Waals surface area contributed by atoms with Crippen LogP contribution in [0.4, 0.5) is 5.13 Å². The first-order chi connectivity index (χ1) is 29.9. The van der Waals surface area contributed by atoms with E-state index in [0.717, 1.165) is 27.8 Å². The number of aromatic nitrogens is 1. The van der Waals surface area contributed by atoms with Gasteiger partial charge in [0.25, 0.3) is 5.91 Å². The number of hydrogen-bond acceptors (Lipinski definition) is 11. The molecule has 0 spiro atoms. The average Bonchev–Trinajstić information content (AvgIpc) is 3.79. The number of oxime groups is 1. The second-order valence-electron chi connectivity index (χ2n) is 14.6. The first-order valence-corrected chi connectivity index (χ1v) is 21.6. The number of fused-ring (bicyclic) bond motifs is 1. The molecular formula is C48H43N5O6S2. The van der Waals surface area contributed by atoms with Gasteiger partial charge in [0.05, 0.1) is 6.61 Å².